The van der Waals surface area contributed by atoms with Crippen LogP contribution in [0.2, 0.25) is 0 Å². The molecule has 0 bridgehead atoms. The molecule has 0 radical (unpaired) electrons. The van der Waals surface area contributed by atoms with Gasteiger partial charge in [-0.2, -0.15) is 16.8 Å². The zero-order valence-electron chi connectivity index (χ0n) is 13.1. The van der Waals surface area contributed by atoms with Crippen LogP contribution in [-0.2, 0) is 89.6 Å². The summed E-state index contributed by atoms with van der Waals surface area (Å²) < 4.78 is 58.5. The van der Waals surface area contributed by atoms with Crippen molar-refractivity contribution in [3.05, 3.63) is 60.7 Å². The molecular formula is C12H12O8S2Zn3+2. The van der Waals surface area contributed by atoms with Crippen molar-refractivity contribution < 1.29 is 95.3 Å². The van der Waals surface area contributed by atoms with Crippen LogP contribution < -0.4 is 0 Å². The molecule has 124 valence electrons. The zero-order valence-corrected chi connectivity index (χ0v) is 23.6. The van der Waals surface area contributed by atoms with E-state index in [4.69, 9.17) is 9.11 Å². The van der Waals surface area contributed by atoms with E-state index in [-0.39, 0.29) is 79.2 Å². The van der Waals surface area contributed by atoms with Crippen molar-refractivity contribution in [3.63, 3.8) is 0 Å². The predicted molar refractivity (Wildman–Crippen MR) is 73.9 cm³/mol. The standard InChI is InChI=1S/2C6H6O3S.2O.3Zn/c2*7-10(8,9)6-4-2-1-3-5-6;;;;;/h2*1-5H,(H,7,8,9);;;;;/q;;2*-2;3*+2. The summed E-state index contributed by atoms with van der Waals surface area (Å²) in [5, 5.41) is 0. The number of hydrogen-bond acceptors (Lipinski definition) is 4. The average molecular weight is 545 g/mol. The van der Waals surface area contributed by atoms with Crippen LogP contribution in [0.5, 0.6) is 0 Å². The summed E-state index contributed by atoms with van der Waals surface area (Å²) in [5.41, 5.74) is 0. The largest absolute Gasteiger partial charge is 2.00 e. The third-order valence-corrected chi connectivity index (χ3v) is 3.82. The Bertz CT molecular complexity index is 686. The molecule has 2 rings (SSSR count). The van der Waals surface area contributed by atoms with Gasteiger partial charge >= 0.3 is 58.4 Å². The first-order valence-electron chi connectivity index (χ1n) is 5.26. The van der Waals surface area contributed by atoms with Gasteiger partial charge in [-0.05, 0) is 24.3 Å². The van der Waals surface area contributed by atoms with E-state index in [9.17, 15) is 16.8 Å². The van der Waals surface area contributed by atoms with Crippen LogP contribution in [0.1, 0.15) is 0 Å². The Morgan fingerprint density at radius 2 is 0.720 bits per heavy atom. The summed E-state index contributed by atoms with van der Waals surface area (Å²) in [7, 11) is -8.01. The molecule has 0 aliphatic heterocycles. The van der Waals surface area contributed by atoms with E-state index >= 15 is 0 Å². The van der Waals surface area contributed by atoms with E-state index in [1.165, 1.54) is 24.3 Å². The Kier molecular flexibility index (Phi) is 23.4. The normalized spacial score (nSPS) is 9.04. The maximum absolute atomic E-state index is 10.4. The Labute approximate surface area is 184 Å². The predicted octanol–water partition coefficient (Wildman–Crippen LogP) is 1.62. The summed E-state index contributed by atoms with van der Waals surface area (Å²) >= 11 is 0. The molecule has 0 spiro atoms. The van der Waals surface area contributed by atoms with E-state index in [1.807, 2.05) is 0 Å². The molecule has 0 atom stereocenters. The van der Waals surface area contributed by atoms with Crippen LogP contribution in [0.25, 0.3) is 0 Å². The Balaban J connectivity index is -0.0000000889. The second-order valence-electron chi connectivity index (χ2n) is 3.58. The Hall–Kier alpha value is 0.0501. The van der Waals surface area contributed by atoms with E-state index in [2.05, 4.69) is 0 Å². The summed E-state index contributed by atoms with van der Waals surface area (Å²) in [6, 6.07) is 14.8. The van der Waals surface area contributed by atoms with Gasteiger partial charge in [-0.1, -0.05) is 36.4 Å². The SMILES string of the molecule is O=S(=O)(O)c1ccccc1.O=S(=O)(O)c1ccccc1.[O-2].[O-2].[Zn+2].[Zn+2].[Zn+2]. The molecule has 0 heterocycles. The van der Waals surface area contributed by atoms with Crippen molar-refractivity contribution in [1.29, 1.82) is 0 Å². The molecular weight excluding hydrogens is 532 g/mol. The van der Waals surface area contributed by atoms with Gasteiger partial charge in [0.1, 0.15) is 0 Å². The van der Waals surface area contributed by atoms with Crippen LogP contribution >= 0.6 is 0 Å². The Morgan fingerprint density at radius 3 is 0.840 bits per heavy atom. The minimum absolute atomic E-state index is 0. The van der Waals surface area contributed by atoms with Crippen molar-refractivity contribution in [2.45, 2.75) is 9.79 Å². The van der Waals surface area contributed by atoms with Crippen molar-refractivity contribution in [2.24, 2.45) is 0 Å². The summed E-state index contributed by atoms with van der Waals surface area (Å²) in [6.45, 7) is 0. The van der Waals surface area contributed by atoms with Gasteiger partial charge in [-0.25, -0.2) is 0 Å². The number of benzene rings is 2. The number of rotatable bonds is 2. The molecule has 0 amide bonds. The fraction of sp³-hybridized carbons (Fsp3) is 0. The van der Waals surface area contributed by atoms with Gasteiger partial charge in [0, 0.05) is 0 Å². The van der Waals surface area contributed by atoms with Crippen LogP contribution in [-0.4, -0.2) is 25.9 Å². The number of hydrogen-bond donors (Lipinski definition) is 2. The molecule has 13 heteroatoms. The van der Waals surface area contributed by atoms with Gasteiger partial charge in [0.2, 0.25) is 0 Å². The molecule has 0 saturated heterocycles. The summed E-state index contributed by atoms with van der Waals surface area (Å²) in [4.78, 5) is -0.148. The summed E-state index contributed by atoms with van der Waals surface area (Å²) in [6.07, 6.45) is 0. The molecule has 25 heavy (non-hydrogen) atoms. The van der Waals surface area contributed by atoms with Gasteiger partial charge in [-0.3, -0.25) is 9.11 Å². The van der Waals surface area contributed by atoms with Crippen molar-refractivity contribution in [2.75, 3.05) is 0 Å². The van der Waals surface area contributed by atoms with Gasteiger partial charge < -0.3 is 11.0 Å². The van der Waals surface area contributed by atoms with Crippen LogP contribution in [0, 0.1) is 0 Å². The van der Waals surface area contributed by atoms with Gasteiger partial charge in [0.25, 0.3) is 20.2 Å². The first-order chi connectivity index (χ1) is 9.21. The van der Waals surface area contributed by atoms with Crippen LogP contribution in [0.3, 0.4) is 0 Å². The minimum atomic E-state index is -4.00. The maximum Gasteiger partial charge on any atom is 2.00 e. The van der Waals surface area contributed by atoms with E-state index in [0.717, 1.165) is 0 Å². The molecule has 0 aliphatic rings. The molecule has 2 aromatic carbocycles. The first kappa shape index (κ1) is 36.0. The van der Waals surface area contributed by atoms with Gasteiger partial charge in [-0.15, -0.1) is 0 Å². The molecule has 0 fully saturated rings. The topological polar surface area (TPSA) is 166 Å². The fourth-order valence-electron chi connectivity index (χ4n) is 1.18. The molecule has 8 nitrogen and oxygen atoms in total. The van der Waals surface area contributed by atoms with Gasteiger partial charge in [0.15, 0.2) is 0 Å². The van der Waals surface area contributed by atoms with E-state index in [0.29, 0.717) is 0 Å². The summed E-state index contributed by atoms with van der Waals surface area (Å²) in [5.74, 6) is 0. The third kappa shape index (κ3) is 14.9. The fourth-order valence-corrected chi connectivity index (χ4v) is 2.19. The Morgan fingerprint density at radius 1 is 0.520 bits per heavy atom. The molecule has 0 aliphatic carbocycles. The van der Waals surface area contributed by atoms with E-state index < -0.39 is 20.2 Å². The second-order valence-corrected chi connectivity index (χ2v) is 6.42. The zero-order chi connectivity index (χ0) is 15.2. The smallest absolute Gasteiger partial charge is 2.00 e. The van der Waals surface area contributed by atoms with Gasteiger partial charge in [0.05, 0.1) is 9.79 Å². The third-order valence-electron chi connectivity index (χ3n) is 2.08. The molecule has 0 aromatic heterocycles. The monoisotopic (exact) mass is 540 g/mol. The maximum atomic E-state index is 10.4. The van der Waals surface area contributed by atoms with Crippen molar-refractivity contribution >= 4 is 20.2 Å². The first-order valence-corrected chi connectivity index (χ1v) is 8.14. The van der Waals surface area contributed by atoms with Crippen LogP contribution in [0.15, 0.2) is 70.5 Å². The van der Waals surface area contributed by atoms with E-state index in [1.54, 1.807) is 36.4 Å². The molecule has 0 unspecified atom stereocenters. The minimum Gasteiger partial charge on any atom is -2.00 e. The average Bonchev–Trinajstić information content (AvgIpc) is 2.40. The second kappa shape index (κ2) is 16.2. The van der Waals surface area contributed by atoms with Crippen molar-refractivity contribution in [3.8, 4) is 0 Å². The quantitative estimate of drug-likeness (QED) is 0.431. The van der Waals surface area contributed by atoms with Crippen LogP contribution in [0.4, 0.5) is 0 Å². The molecule has 2 N–H and O–H groups in total. The van der Waals surface area contributed by atoms with Crippen molar-refractivity contribution in [1.82, 2.24) is 0 Å². The molecule has 2 aromatic rings. The molecule has 0 saturated carbocycles.